The second kappa shape index (κ2) is 10.0. The topological polar surface area (TPSA) is 73.2 Å². The summed E-state index contributed by atoms with van der Waals surface area (Å²) in [5.41, 5.74) is 3.03. The van der Waals surface area contributed by atoms with Crippen LogP contribution in [0.3, 0.4) is 0 Å². The SMILES string of the molecule is Cc1cc(C)cc(-n2c(SCC(=O)Nc3ccccc3OC(F)F)nc3ccccc3c2=O)c1. The Hall–Kier alpha value is -3.72. The predicted molar refractivity (Wildman–Crippen MR) is 129 cm³/mol. The number of thioether (sulfide) groups is 1. The molecular formula is C25H21F2N3O3S. The van der Waals surface area contributed by atoms with Gasteiger partial charge in [-0.05, 0) is 61.4 Å². The van der Waals surface area contributed by atoms with E-state index in [-0.39, 0.29) is 22.7 Å². The Morgan fingerprint density at radius 2 is 1.74 bits per heavy atom. The molecule has 1 aromatic heterocycles. The van der Waals surface area contributed by atoms with E-state index in [2.05, 4.69) is 15.0 Å². The van der Waals surface area contributed by atoms with Crippen LogP contribution in [0.25, 0.3) is 16.6 Å². The fourth-order valence-corrected chi connectivity index (χ4v) is 4.41. The van der Waals surface area contributed by atoms with Crippen LogP contribution in [0.4, 0.5) is 14.5 Å². The van der Waals surface area contributed by atoms with Crippen molar-refractivity contribution in [1.82, 2.24) is 9.55 Å². The Bertz CT molecular complexity index is 1400. The van der Waals surface area contributed by atoms with Crippen molar-refractivity contribution in [1.29, 1.82) is 0 Å². The van der Waals surface area contributed by atoms with Gasteiger partial charge in [0.15, 0.2) is 5.16 Å². The zero-order chi connectivity index (χ0) is 24.2. The number of halogens is 2. The third-order valence-corrected chi connectivity index (χ3v) is 5.86. The number of ether oxygens (including phenoxy) is 1. The number of hydrogen-bond donors (Lipinski definition) is 1. The number of aryl methyl sites for hydroxylation is 2. The molecule has 0 aliphatic heterocycles. The van der Waals surface area contributed by atoms with E-state index in [1.54, 1.807) is 30.3 Å². The maximum absolute atomic E-state index is 13.4. The molecule has 0 fully saturated rings. The van der Waals surface area contributed by atoms with Crippen LogP contribution in [0.2, 0.25) is 0 Å². The lowest BCUT2D eigenvalue weighted by atomic mass is 10.1. The number of carbonyl (C=O) groups is 1. The van der Waals surface area contributed by atoms with Crippen LogP contribution in [0.1, 0.15) is 11.1 Å². The summed E-state index contributed by atoms with van der Waals surface area (Å²) >= 11 is 1.08. The first-order valence-corrected chi connectivity index (χ1v) is 11.4. The van der Waals surface area contributed by atoms with Crippen molar-refractivity contribution < 1.29 is 18.3 Å². The first-order chi connectivity index (χ1) is 16.3. The van der Waals surface area contributed by atoms with E-state index in [9.17, 15) is 18.4 Å². The summed E-state index contributed by atoms with van der Waals surface area (Å²) < 4.78 is 31.3. The van der Waals surface area contributed by atoms with Gasteiger partial charge in [-0.1, -0.05) is 42.1 Å². The molecule has 3 aromatic carbocycles. The molecule has 1 heterocycles. The highest BCUT2D eigenvalue weighted by Crippen LogP contribution is 2.27. The zero-order valence-corrected chi connectivity index (χ0v) is 19.2. The van der Waals surface area contributed by atoms with E-state index in [4.69, 9.17) is 0 Å². The Kier molecular flexibility index (Phi) is 6.93. The van der Waals surface area contributed by atoms with Gasteiger partial charge in [0.1, 0.15) is 5.75 Å². The molecule has 0 aliphatic rings. The molecule has 0 unspecified atom stereocenters. The highest BCUT2D eigenvalue weighted by Gasteiger charge is 2.17. The molecule has 174 valence electrons. The summed E-state index contributed by atoms with van der Waals surface area (Å²) in [5.74, 6) is -0.685. The van der Waals surface area contributed by atoms with E-state index < -0.39 is 12.5 Å². The van der Waals surface area contributed by atoms with E-state index in [1.165, 1.54) is 22.8 Å². The standard InChI is InChI=1S/C25H21F2N3O3S/c1-15-11-16(2)13-17(12-15)30-23(32)18-7-3-4-8-19(18)29-25(30)34-14-22(31)28-20-9-5-6-10-21(20)33-24(26)27/h3-13,24H,14H2,1-2H3,(H,28,31). The Morgan fingerprint density at radius 1 is 1.06 bits per heavy atom. The molecule has 4 rings (SSSR count). The normalized spacial score (nSPS) is 11.1. The summed E-state index contributed by atoms with van der Waals surface area (Å²) in [6.07, 6.45) is 0. The summed E-state index contributed by atoms with van der Waals surface area (Å²) in [4.78, 5) is 30.6. The highest BCUT2D eigenvalue weighted by molar-refractivity contribution is 7.99. The van der Waals surface area contributed by atoms with Crippen LogP contribution in [-0.2, 0) is 4.79 Å². The van der Waals surface area contributed by atoms with Gasteiger partial charge in [0.2, 0.25) is 5.91 Å². The number of fused-ring (bicyclic) bond motifs is 1. The van der Waals surface area contributed by atoms with Crippen molar-refractivity contribution in [2.24, 2.45) is 0 Å². The minimum Gasteiger partial charge on any atom is -0.433 e. The molecule has 9 heteroatoms. The van der Waals surface area contributed by atoms with Gasteiger partial charge >= 0.3 is 6.61 Å². The number of amides is 1. The van der Waals surface area contributed by atoms with Gasteiger partial charge in [-0.25, -0.2) is 4.98 Å². The lowest BCUT2D eigenvalue weighted by Gasteiger charge is -2.15. The number of alkyl halides is 2. The van der Waals surface area contributed by atoms with Crippen LogP contribution >= 0.6 is 11.8 Å². The van der Waals surface area contributed by atoms with Crippen LogP contribution in [-0.4, -0.2) is 27.8 Å². The smallest absolute Gasteiger partial charge is 0.387 e. The average Bonchev–Trinajstić information content (AvgIpc) is 2.78. The van der Waals surface area contributed by atoms with E-state index in [0.29, 0.717) is 21.7 Å². The fraction of sp³-hybridized carbons (Fsp3) is 0.160. The second-order valence-corrected chi connectivity index (χ2v) is 8.55. The van der Waals surface area contributed by atoms with Crippen molar-refractivity contribution in [2.75, 3.05) is 11.1 Å². The first-order valence-electron chi connectivity index (χ1n) is 10.4. The minimum atomic E-state index is -3.01. The Labute approximate surface area is 198 Å². The molecule has 0 saturated heterocycles. The van der Waals surface area contributed by atoms with Crippen molar-refractivity contribution in [3.8, 4) is 11.4 Å². The van der Waals surface area contributed by atoms with Crippen LogP contribution in [0.15, 0.2) is 76.7 Å². The van der Waals surface area contributed by atoms with E-state index in [1.807, 2.05) is 32.0 Å². The first kappa shape index (κ1) is 23.4. The maximum Gasteiger partial charge on any atom is 0.387 e. The molecule has 0 aliphatic carbocycles. The number of hydrogen-bond acceptors (Lipinski definition) is 5. The lowest BCUT2D eigenvalue weighted by Crippen LogP contribution is -2.23. The molecule has 0 atom stereocenters. The van der Waals surface area contributed by atoms with Crippen LogP contribution in [0.5, 0.6) is 5.75 Å². The Morgan fingerprint density at radius 3 is 2.47 bits per heavy atom. The second-order valence-electron chi connectivity index (χ2n) is 7.61. The van der Waals surface area contributed by atoms with Gasteiger partial charge in [-0.3, -0.25) is 14.2 Å². The zero-order valence-electron chi connectivity index (χ0n) is 18.4. The highest BCUT2D eigenvalue weighted by atomic mass is 32.2. The van der Waals surface area contributed by atoms with Gasteiger partial charge in [-0.2, -0.15) is 8.78 Å². The van der Waals surface area contributed by atoms with Gasteiger partial charge < -0.3 is 10.1 Å². The van der Waals surface area contributed by atoms with E-state index in [0.717, 1.165) is 22.9 Å². The predicted octanol–water partition coefficient (Wildman–Crippen LogP) is 5.33. The molecule has 6 nitrogen and oxygen atoms in total. The summed E-state index contributed by atoms with van der Waals surface area (Å²) in [5, 5.41) is 3.40. The molecule has 1 N–H and O–H groups in total. The third kappa shape index (κ3) is 5.26. The number of nitrogens with one attached hydrogen (secondary N) is 1. The van der Waals surface area contributed by atoms with E-state index >= 15 is 0 Å². The summed E-state index contributed by atoms with van der Waals surface area (Å²) in [7, 11) is 0. The van der Waals surface area contributed by atoms with Crippen LogP contribution < -0.4 is 15.6 Å². The van der Waals surface area contributed by atoms with Crippen molar-refractivity contribution in [3.05, 3.63) is 88.2 Å². The molecular weight excluding hydrogens is 460 g/mol. The number of nitrogens with zero attached hydrogens (tertiary/aromatic N) is 2. The maximum atomic E-state index is 13.4. The Balaban J connectivity index is 1.66. The van der Waals surface area contributed by atoms with Gasteiger partial charge in [0.05, 0.1) is 28.0 Å². The number of anilines is 1. The molecule has 0 radical (unpaired) electrons. The summed E-state index contributed by atoms with van der Waals surface area (Å²) in [6.45, 7) is 0.867. The molecule has 4 aromatic rings. The number of para-hydroxylation sites is 3. The molecule has 1 amide bonds. The van der Waals surface area contributed by atoms with Crippen LogP contribution in [0, 0.1) is 13.8 Å². The molecule has 0 spiro atoms. The number of benzene rings is 3. The molecule has 0 saturated carbocycles. The summed E-state index contributed by atoms with van der Waals surface area (Å²) in [6, 6.07) is 18.7. The fourth-order valence-electron chi connectivity index (χ4n) is 3.60. The van der Waals surface area contributed by atoms with Crippen molar-refractivity contribution >= 4 is 34.3 Å². The van der Waals surface area contributed by atoms with Gasteiger partial charge in [-0.15, -0.1) is 0 Å². The minimum absolute atomic E-state index is 0.0986. The number of carbonyl (C=O) groups excluding carboxylic acids is 1. The van der Waals surface area contributed by atoms with Crippen molar-refractivity contribution in [3.63, 3.8) is 0 Å². The average molecular weight is 482 g/mol. The van der Waals surface area contributed by atoms with Crippen molar-refractivity contribution in [2.45, 2.75) is 25.6 Å². The van der Waals surface area contributed by atoms with Gasteiger partial charge in [0, 0.05) is 0 Å². The monoisotopic (exact) mass is 481 g/mol. The number of rotatable bonds is 7. The quantitative estimate of drug-likeness (QED) is 0.285. The molecule has 0 bridgehead atoms. The molecule has 34 heavy (non-hydrogen) atoms. The third-order valence-electron chi connectivity index (χ3n) is 4.92. The number of aromatic nitrogens is 2. The lowest BCUT2D eigenvalue weighted by molar-refractivity contribution is -0.113. The van der Waals surface area contributed by atoms with Gasteiger partial charge in [0.25, 0.3) is 5.56 Å². The largest absolute Gasteiger partial charge is 0.433 e.